The van der Waals surface area contributed by atoms with E-state index in [4.69, 9.17) is 10.5 Å². The predicted octanol–water partition coefficient (Wildman–Crippen LogP) is 5.23. The van der Waals surface area contributed by atoms with E-state index in [2.05, 4.69) is 25.0 Å². The molecule has 2 heterocycles. The number of sulfonamides is 1. The van der Waals surface area contributed by atoms with Crippen LogP contribution in [0.4, 0.5) is 16.0 Å². The third-order valence-electron chi connectivity index (χ3n) is 7.22. The summed E-state index contributed by atoms with van der Waals surface area (Å²) >= 11 is 0. The second-order valence-corrected chi connectivity index (χ2v) is 12.0. The van der Waals surface area contributed by atoms with E-state index in [-0.39, 0.29) is 23.5 Å². The molecule has 0 atom stereocenters. The lowest BCUT2D eigenvalue weighted by Crippen LogP contribution is -2.33. The number of nitrogens with one attached hydrogen (secondary N) is 2. The molecule has 11 heteroatoms. The highest BCUT2D eigenvalue weighted by Crippen LogP contribution is 2.34. The minimum absolute atomic E-state index is 0.0380. The second kappa shape index (κ2) is 11.6. The molecule has 1 aromatic carbocycles. The van der Waals surface area contributed by atoms with Gasteiger partial charge in [-0.05, 0) is 62.8 Å². The van der Waals surface area contributed by atoms with Gasteiger partial charge < -0.3 is 15.8 Å². The molecule has 202 valence electrons. The van der Waals surface area contributed by atoms with Crippen LogP contribution in [0.5, 0.6) is 11.5 Å². The lowest BCUT2D eigenvalue weighted by Gasteiger charge is -2.26. The Morgan fingerprint density at radius 2 is 1.74 bits per heavy atom. The average Bonchev–Trinajstić information content (AvgIpc) is 2.92. The molecule has 2 aromatic heterocycles. The number of hydrogen-bond acceptors (Lipinski definition) is 8. The normalized spacial score (nSPS) is 20.6. The first-order chi connectivity index (χ1) is 18.4. The summed E-state index contributed by atoms with van der Waals surface area (Å²) in [4.78, 5) is 13.2. The molecule has 0 radical (unpaired) electrons. The maximum atomic E-state index is 15.0. The molecule has 2 aliphatic carbocycles. The first-order valence-corrected chi connectivity index (χ1v) is 14.7. The van der Waals surface area contributed by atoms with Gasteiger partial charge in [0.25, 0.3) is 0 Å². The van der Waals surface area contributed by atoms with Crippen LogP contribution >= 0.6 is 0 Å². The zero-order valence-corrected chi connectivity index (χ0v) is 22.0. The van der Waals surface area contributed by atoms with Gasteiger partial charge >= 0.3 is 0 Å². The Bertz CT molecular complexity index is 1360. The topological polar surface area (TPSA) is 132 Å². The van der Waals surface area contributed by atoms with Crippen molar-refractivity contribution in [1.29, 1.82) is 0 Å². The van der Waals surface area contributed by atoms with Crippen LogP contribution in [0.2, 0.25) is 0 Å². The van der Waals surface area contributed by atoms with Crippen LogP contribution in [0.3, 0.4) is 0 Å². The van der Waals surface area contributed by atoms with Crippen molar-refractivity contribution < 1.29 is 17.5 Å². The molecular formula is C27H33FN6O3S. The summed E-state index contributed by atoms with van der Waals surface area (Å²) in [5.41, 5.74) is 7.34. The third kappa shape index (κ3) is 6.39. The van der Waals surface area contributed by atoms with E-state index in [1.807, 2.05) is 0 Å². The standard InChI is InChI=1S/C27H33FN6O3S/c28-23-16-20(34-38(35,36)21-4-2-1-3-5-21)10-11-26(23)37-25-13-14-30-17-22(25)24-12-15-31-27(33-24)32-19-8-6-18(29)7-9-19/h10-19,21,34H,1-9,29H2,(H,31,32,33). The largest absolute Gasteiger partial charge is 0.453 e. The van der Waals surface area contributed by atoms with E-state index >= 15 is 4.39 Å². The SMILES string of the molecule is NC1CCC(Nc2nccc(-c3cnccc3Oc3ccc(NS(=O)(=O)C4CCCCC4)cc3F)n2)CC1. The van der Waals surface area contributed by atoms with Crippen molar-refractivity contribution in [3.63, 3.8) is 0 Å². The molecule has 0 amide bonds. The molecule has 5 rings (SSSR count). The van der Waals surface area contributed by atoms with Crippen molar-refractivity contribution in [1.82, 2.24) is 15.0 Å². The highest BCUT2D eigenvalue weighted by Gasteiger charge is 2.27. The number of aromatic nitrogens is 3. The first-order valence-electron chi connectivity index (χ1n) is 13.2. The molecule has 2 saturated carbocycles. The van der Waals surface area contributed by atoms with Gasteiger partial charge in [0, 0.05) is 36.7 Å². The first kappa shape index (κ1) is 26.3. The smallest absolute Gasteiger partial charge is 0.235 e. The van der Waals surface area contributed by atoms with E-state index in [9.17, 15) is 8.42 Å². The maximum Gasteiger partial charge on any atom is 0.235 e. The number of anilines is 2. The Morgan fingerprint density at radius 3 is 2.50 bits per heavy atom. The number of ether oxygens (including phenoxy) is 1. The Morgan fingerprint density at radius 1 is 0.947 bits per heavy atom. The van der Waals surface area contributed by atoms with E-state index < -0.39 is 21.1 Å². The molecule has 9 nitrogen and oxygen atoms in total. The summed E-state index contributed by atoms with van der Waals surface area (Å²) in [5, 5.41) is 2.94. The molecule has 0 bridgehead atoms. The quantitative estimate of drug-likeness (QED) is 0.354. The van der Waals surface area contributed by atoms with Gasteiger partial charge in [0.1, 0.15) is 5.75 Å². The predicted molar refractivity (Wildman–Crippen MR) is 145 cm³/mol. The van der Waals surface area contributed by atoms with E-state index in [0.29, 0.717) is 35.8 Å². The van der Waals surface area contributed by atoms with Crippen molar-refractivity contribution in [2.45, 2.75) is 75.1 Å². The molecule has 3 aromatic rings. The highest BCUT2D eigenvalue weighted by atomic mass is 32.2. The lowest BCUT2D eigenvalue weighted by molar-refractivity contribution is 0.410. The van der Waals surface area contributed by atoms with Gasteiger partial charge in [0.2, 0.25) is 16.0 Å². The number of hydrogen-bond donors (Lipinski definition) is 3. The summed E-state index contributed by atoms with van der Waals surface area (Å²) in [5.74, 6) is 0.141. The minimum atomic E-state index is -3.58. The zero-order valence-electron chi connectivity index (χ0n) is 21.1. The molecule has 0 saturated heterocycles. The molecule has 2 fully saturated rings. The molecular weight excluding hydrogens is 507 g/mol. The molecule has 0 aliphatic heterocycles. The Balaban J connectivity index is 1.31. The second-order valence-electron chi connectivity index (χ2n) is 10.0. The fraction of sp³-hybridized carbons (Fsp3) is 0.444. The minimum Gasteiger partial charge on any atom is -0.453 e. The molecule has 0 unspecified atom stereocenters. The summed E-state index contributed by atoms with van der Waals surface area (Å²) in [6.07, 6.45) is 12.7. The summed E-state index contributed by atoms with van der Waals surface area (Å²) in [6, 6.07) is 7.94. The number of benzene rings is 1. The van der Waals surface area contributed by atoms with Gasteiger partial charge in [-0.2, -0.15) is 0 Å². The van der Waals surface area contributed by atoms with Crippen LogP contribution in [0.15, 0.2) is 48.9 Å². The molecule has 2 aliphatic rings. The van der Waals surface area contributed by atoms with Gasteiger partial charge in [-0.1, -0.05) is 19.3 Å². The van der Waals surface area contributed by atoms with Crippen molar-refractivity contribution in [2.24, 2.45) is 5.73 Å². The fourth-order valence-electron chi connectivity index (χ4n) is 5.08. The molecule has 38 heavy (non-hydrogen) atoms. The zero-order chi connectivity index (χ0) is 26.5. The lowest BCUT2D eigenvalue weighted by atomic mass is 9.92. The van der Waals surface area contributed by atoms with E-state index in [0.717, 1.165) is 51.0 Å². The summed E-state index contributed by atoms with van der Waals surface area (Å²) in [6.45, 7) is 0. The van der Waals surface area contributed by atoms with Crippen LogP contribution < -0.4 is 20.5 Å². The number of pyridine rings is 1. The summed E-state index contributed by atoms with van der Waals surface area (Å²) < 4.78 is 48.9. The third-order valence-corrected chi connectivity index (χ3v) is 9.09. The van der Waals surface area contributed by atoms with Crippen LogP contribution in [-0.2, 0) is 10.0 Å². The Labute approximate surface area is 222 Å². The van der Waals surface area contributed by atoms with E-state index in [1.165, 1.54) is 12.1 Å². The Kier molecular flexibility index (Phi) is 8.04. The van der Waals surface area contributed by atoms with Crippen LogP contribution in [0, 0.1) is 5.82 Å². The van der Waals surface area contributed by atoms with Crippen LogP contribution in [0.1, 0.15) is 57.8 Å². The van der Waals surface area contributed by atoms with Gasteiger partial charge in [0.05, 0.1) is 22.2 Å². The highest BCUT2D eigenvalue weighted by molar-refractivity contribution is 7.93. The van der Waals surface area contributed by atoms with Gasteiger partial charge in [-0.15, -0.1) is 0 Å². The van der Waals surface area contributed by atoms with Crippen molar-refractivity contribution >= 4 is 21.7 Å². The van der Waals surface area contributed by atoms with Crippen LogP contribution in [-0.4, -0.2) is 40.7 Å². The monoisotopic (exact) mass is 540 g/mol. The van der Waals surface area contributed by atoms with Gasteiger partial charge in [-0.25, -0.2) is 22.8 Å². The van der Waals surface area contributed by atoms with Crippen LogP contribution in [0.25, 0.3) is 11.3 Å². The average molecular weight is 541 g/mol. The van der Waals surface area contributed by atoms with Crippen molar-refractivity contribution in [3.8, 4) is 22.8 Å². The maximum absolute atomic E-state index is 15.0. The molecule has 4 N–H and O–H groups in total. The van der Waals surface area contributed by atoms with Gasteiger partial charge in [-0.3, -0.25) is 9.71 Å². The number of halogens is 1. The van der Waals surface area contributed by atoms with Crippen molar-refractivity contribution in [3.05, 3.63) is 54.7 Å². The summed E-state index contributed by atoms with van der Waals surface area (Å²) in [7, 11) is -3.58. The van der Waals surface area contributed by atoms with E-state index in [1.54, 1.807) is 30.7 Å². The number of nitrogens with two attached hydrogens (primary N) is 1. The van der Waals surface area contributed by atoms with Crippen molar-refractivity contribution in [2.75, 3.05) is 10.0 Å². The number of nitrogens with zero attached hydrogens (tertiary/aromatic N) is 3. The fourth-order valence-corrected chi connectivity index (χ4v) is 6.65. The van der Waals surface area contributed by atoms with Gasteiger partial charge in [0.15, 0.2) is 11.6 Å². The molecule has 0 spiro atoms. The number of rotatable bonds is 8. The Hall–Kier alpha value is -3.31.